The molecular formula is C32H28ClN3O. The van der Waals surface area contributed by atoms with E-state index in [0.29, 0.717) is 17.1 Å². The van der Waals surface area contributed by atoms with Gasteiger partial charge in [-0.2, -0.15) is 0 Å². The topological polar surface area (TPSA) is 53.5 Å². The highest BCUT2D eigenvalue weighted by Gasteiger charge is 2.27. The van der Waals surface area contributed by atoms with Crippen molar-refractivity contribution in [2.45, 2.75) is 18.4 Å². The molecule has 4 aromatic carbocycles. The molecule has 1 heterocycles. The van der Waals surface area contributed by atoms with Crippen LogP contribution in [-0.4, -0.2) is 18.3 Å². The van der Waals surface area contributed by atoms with Crippen LogP contribution in [0.3, 0.4) is 0 Å². The molecule has 37 heavy (non-hydrogen) atoms. The Morgan fingerprint density at radius 2 is 1.46 bits per heavy atom. The molecule has 1 unspecified atom stereocenters. The molecule has 4 nitrogen and oxygen atoms in total. The fraction of sp³-hybridized carbons (Fsp3) is 0.125. The molecule has 0 bridgehead atoms. The molecule has 1 amide bonds. The molecular weight excluding hydrogens is 478 g/mol. The smallest absolute Gasteiger partial charge is 0.251 e. The van der Waals surface area contributed by atoms with E-state index in [1.165, 1.54) is 11.1 Å². The lowest BCUT2D eigenvalue weighted by molar-refractivity contribution is -0.117. The summed E-state index contributed by atoms with van der Waals surface area (Å²) in [6.45, 7) is 0.530. The zero-order chi connectivity index (χ0) is 25.5. The molecule has 0 saturated carbocycles. The Morgan fingerprint density at radius 3 is 2.08 bits per heavy atom. The predicted octanol–water partition coefficient (Wildman–Crippen LogP) is 6.65. The van der Waals surface area contributed by atoms with Crippen LogP contribution in [-0.2, 0) is 4.79 Å². The molecule has 184 valence electrons. The number of aliphatic imine (C=N–C) groups is 1. The van der Waals surface area contributed by atoms with Crippen LogP contribution in [0.1, 0.15) is 40.6 Å². The summed E-state index contributed by atoms with van der Waals surface area (Å²) in [4.78, 5) is 18.4. The first-order valence-electron chi connectivity index (χ1n) is 12.4. The number of hydrogen-bond acceptors (Lipinski definition) is 3. The maximum Gasteiger partial charge on any atom is 0.251 e. The summed E-state index contributed by atoms with van der Waals surface area (Å²) in [5.41, 5.74) is 4.85. The van der Waals surface area contributed by atoms with Gasteiger partial charge in [0.2, 0.25) is 0 Å². The summed E-state index contributed by atoms with van der Waals surface area (Å²) in [6.07, 6.45) is 2.54. The van der Waals surface area contributed by atoms with Crippen molar-refractivity contribution in [3.05, 3.63) is 154 Å². The Hall–Kier alpha value is -4.15. The lowest BCUT2D eigenvalue weighted by atomic mass is 9.88. The fourth-order valence-corrected chi connectivity index (χ4v) is 4.86. The third kappa shape index (κ3) is 5.99. The van der Waals surface area contributed by atoms with Crippen LogP contribution in [0.15, 0.2) is 132 Å². The largest absolute Gasteiger partial charge is 0.352 e. The third-order valence-electron chi connectivity index (χ3n) is 6.51. The van der Waals surface area contributed by atoms with Crippen LogP contribution in [0, 0.1) is 0 Å². The van der Waals surface area contributed by atoms with E-state index in [9.17, 15) is 4.79 Å². The summed E-state index contributed by atoms with van der Waals surface area (Å²) in [5, 5.41) is 6.98. The number of nitrogens with one attached hydrogen (secondary N) is 2. The number of amidine groups is 1. The molecule has 1 atom stereocenters. The van der Waals surface area contributed by atoms with Crippen molar-refractivity contribution in [1.82, 2.24) is 10.6 Å². The number of carbonyl (C=O) groups is 1. The number of nitrogens with zero attached hydrogens (tertiary/aromatic N) is 1. The van der Waals surface area contributed by atoms with Gasteiger partial charge in [-0.25, -0.2) is 0 Å². The maximum absolute atomic E-state index is 13.4. The van der Waals surface area contributed by atoms with Crippen molar-refractivity contribution in [3.63, 3.8) is 0 Å². The van der Waals surface area contributed by atoms with E-state index in [1.54, 1.807) is 6.20 Å². The Balaban J connectivity index is 1.34. The van der Waals surface area contributed by atoms with Gasteiger partial charge in [0.1, 0.15) is 11.9 Å². The minimum atomic E-state index is -0.464. The van der Waals surface area contributed by atoms with Crippen molar-refractivity contribution in [2.75, 3.05) is 6.54 Å². The lowest BCUT2D eigenvalue weighted by Gasteiger charge is -2.24. The van der Waals surface area contributed by atoms with E-state index in [-0.39, 0.29) is 11.8 Å². The van der Waals surface area contributed by atoms with Crippen LogP contribution in [0.25, 0.3) is 0 Å². The summed E-state index contributed by atoms with van der Waals surface area (Å²) in [7, 11) is 0. The first-order chi connectivity index (χ1) is 18.2. The van der Waals surface area contributed by atoms with Gasteiger partial charge in [-0.3, -0.25) is 9.79 Å². The molecule has 0 spiro atoms. The van der Waals surface area contributed by atoms with E-state index in [2.05, 4.69) is 59.2 Å². The van der Waals surface area contributed by atoms with Gasteiger partial charge in [-0.15, -0.1) is 0 Å². The number of halogens is 1. The van der Waals surface area contributed by atoms with E-state index < -0.39 is 6.04 Å². The van der Waals surface area contributed by atoms with Crippen LogP contribution >= 0.6 is 11.6 Å². The fourth-order valence-electron chi connectivity index (χ4n) is 4.66. The highest BCUT2D eigenvalue weighted by atomic mass is 35.5. The SMILES string of the molecule is O=C(NCCC(c1ccccc1)c1ccccc1)C1=CNC(c2ccccc2)=NC1c1cccc(Cl)c1. The summed E-state index contributed by atoms with van der Waals surface area (Å²) >= 11 is 6.30. The van der Waals surface area contributed by atoms with Gasteiger partial charge in [-0.1, -0.05) is 115 Å². The number of benzene rings is 4. The summed E-state index contributed by atoms with van der Waals surface area (Å²) < 4.78 is 0. The minimum absolute atomic E-state index is 0.145. The molecule has 2 N–H and O–H groups in total. The number of hydrogen-bond donors (Lipinski definition) is 2. The van der Waals surface area contributed by atoms with Gasteiger partial charge in [0, 0.05) is 29.2 Å². The molecule has 0 aromatic heterocycles. The van der Waals surface area contributed by atoms with E-state index >= 15 is 0 Å². The molecule has 1 aliphatic heterocycles. The highest BCUT2D eigenvalue weighted by Crippen LogP contribution is 2.31. The first-order valence-corrected chi connectivity index (χ1v) is 12.8. The van der Waals surface area contributed by atoms with Gasteiger partial charge < -0.3 is 10.6 Å². The molecule has 5 heteroatoms. The zero-order valence-corrected chi connectivity index (χ0v) is 21.1. The average molecular weight is 506 g/mol. The quantitative estimate of drug-likeness (QED) is 0.281. The average Bonchev–Trinajstić information content (AvgIpc) is 2.96. The predicted molar refractivity (Wildman–Crippen MR) is 151 cm³/mol. The first kappa shape index (κ1) is 24.5. The summed E-state index contributed by atoms with van der Waals surface area (Å²) in [6, 6.07) is 37.8. The molecule has 0 aliphatic carbocycles. The van der Waals surface area contributed by atoms with Gasteiger partial charge >= 0.3 is 0 Å². The Labute approximate surface area is 222 Å². The second kappa shape index (κ2) is 11.7. The van der Waals surface area contributed by atoms with Crippen molar-refractivity contribution in [2.24, 2.45) is 4.99 Å². The Bertz CT molecular complexity index is 1360. The van der Waals surface area contributed by atoms with Crippen molar-refractivity contribution in [1.29, 1.82) is 0 Å². The van der Waals surface area contributed by atoms with Crippen LogP contribution in [0.2, 0.25) is 5.02 Å². The van der Waals surface area contributed by atoms with Gasteiger partial charge in [0.05, 0.1) is 5.57 Å². The second-order valence-corrected chi connectivity index (χ2v) is 9.40. The van der Waals surface area contributed by atoms with Crippen molar-refractivity contribution >= 4 is 23.3 Å². The monoisotopic (exact) mass is 505 g/mol. The van der Waals surface area contributed by atoms with E-state index in [0.717, 1.165) is 23.4 Å². The maximum atomic E-state index is 13.4. The van der Waals surface area contributed by atoms with E-state index in [4.69, 9.17) is 16.6 Å². The Morgan fingerprint density at radius 1 is 0.838 bits per heavy atom. The molecule has 0 radical (unpaired) electrons. The van der Waals surface area contributed by atoms with Gasteiger partial charge in [0.15, 0.2) is 0 Å². The Kier molecular flexibility index (Phi) is 7.78. The third-order valence-corrected chi connectivity index (χ3v) is 6.75. The molecule has 5 rings (SSSR count). The molecule has 4 aromatic rings. The van der Waals surface area contributed by atoms with Crippen LogP contribution in [0.4, 0.5) is 0 Å². The standard InChI is InChI=1S/C32H28ClN3O/c33-27-18-10-17-26(21-27)30-29(22-35-31(36-30)25-15-8-3-9-16-25)32(37)34-20-19-28(23-11-4-1-5-12-23)24-13-6-2-7-14-24/h1-18,21-22,28,30H,19-20H2,(H,34,37)(H,35,36). The van der Waals surface area contributed by atoms with Crippen molar-refractivity contribution < 1.29 is 4.79 Å². The normalized spacial score (nSPS) is 14.9. The minimum Gasteiger partial charge on any atom is -0.352 e. The molecule has 0 saturated heterocycles. The number of rotatable bonds is 8. The lowest BCUT2D eigenvalue weighted by Crippen LogP contribution is -2.34. The summed E-state index contributed by atoms with van der Waals surface area (Å²) in [5.74, 6) is 0.760. The van der Waals surface area contributed by atoms with Crippen LogP contribution in [0.5, 0.6) is 0 Å². The zero-order valence-electron chi connectivity index (χ0n) is 20.3. The molecule has 1 aliphatic rings. The van der Waals surface area contributed by atoms with Gasteiger partial charge in [-0.05, 0) is 35.2 Å². The molecule has 0 fully saturated rings. The highest BCUT2D eigenvalue weighted by molar-refractivity contribution is 6.30. The second-order valence-electron chi connectivity index (χ2n) is 8.96. The van der Waals surface area contributed by atoms with Crippen molar-refractivity contribution in [3.8, 4) is 0 Å². The number of amides is 1. The van der Waals surface area contributed by atoms with Gasteiger partial charge in [0.25, 0.3) is 5.91 Å². The number of carbonyl (C=O) groups excluding carboxylic acids is 1. The van der Waals surface area contributed by atoms with Crippen LogP contribution < -0.4 is 10.6 Å². The van der Waals surface area contributed by atoms with E-state index in [1.807, 2.05) is 66.7 Å².